The summed E-state index contributed by atoms with van der Waals surface area (Å²) in [6.07, 6.45) is 1.16. The quantitative estimate of drug-likeness (QED) is 0.461. The molecule has 0 aromatic rings. The normalized spacial score (nSPS) is 10.0. The molecule has 4 N–H and O–H groups in total. The smallest absolute Gasteiger partial charge is 0.320 e. The Morgan fingerprint density at radius 2 is 1.83 bits per heavy atom. The summed E-state index contributed by atoms with van der Waals surface area (Å²) in [4.78, 5) is 0. The van der Waals surface area contributed by atoms with Crippen LogP contribution in [-0.2, 0) is 8.85 Å². The van der Waals surface area contributed by atoms with Crippen LogP contribution in [0.1, 0.15) is 13.3 Å². The molecule has 0 heterocycles. The second-order valence-corrected chi connectivity index (χ2v) is 4.78. The topological polar surface area (TPSA) is 65.5 Å². The summed E-state index contributed by atoms with van der Waals surface area (Å²) in [6.45, 7) is 4.24. The average molecular weight is 194 g/mol. The summed E-state index contributed by atoms with van der Waals surface area (Å²) in [7, 11) is 2.18. The van der Waals surface area contributed by atoms with Crippen LogP contribution in [-0.4, -0.2) is 36.6 Å². The highest BCUT2D eigenvalue weighted by molar-refractivity contribution is 6.44. The van der Waals surface area contributed by atoms with Crippen LogP contribution in [0.4, 0.5) is 0 Å². The zero-order chi connectivity index (χ0) is 8.53. The first-order chi connectivity index (χ1) is 5.35. The lowest BCUT2D eigenvalue weighted by molar-refractivity contribution is 0.276. The molecule has 0 saturated heterocycles. The molecule has 0 bridgehead atoms. The highest BCUT2D eigenvalue weighted by Crippen LogP contribution is 1.97. The lowest BCUT2D eigenvalue weighted by Crippen LogP contribution is -2.21. The summed E-state index contributed by atoms with van der Waals surface area (Å²) < 4.78 is 10.3. The molecule has 0 aromatic carbocycles. The lowest BCUT2D eigenvalue weighted by atomic mass is 10.5. The maximum Gasteiger partial charge on any atom is 0.320 e. The molecule has 0 saturated carbocycles. The molecule has 0 unspecified atom stereocenters. The van der Waals surface area contributed by atoms with Crippen LogP contribution in [0.25, 0.3) is 0 Å². The van der Waals surface area contributed by atoms with E-state index in [0.717, 1.165) is 25.6 Å². The van der Waals surface area contributed by atoms with Gasteiger partial charge in [-0.25, -0.2) is 0 Å². The zero-order valence-corrected chi connectivity index (χ0v) is 9.58. The standard InChI is InChI=1S/C7H19NO2Si.H3N/c1-4-8-6-5-7-11(9-2)10-3;/h8,11H,4-7H2,1-3H3;1H3. The minimum absolute atomic E-state index is 0. The molecule has 0 amide bonds. The van der Waals surface area contributed by atoms with Gasteiger partial charge in [-0.1, -0.05) is 6.92 Å². The van der Waals surface area contributed by atoms with Crippen LogP contribution in [0.2, 0.25) is 6.04 Å². The van der Waals surface area contributed by atoms with E-state index >= 15 is 0 Å². The fraction of sp³-hybridized carbons (Fsp3) is 1.00. The Labute approximate surface area is 77.1 Å². The Morgan fingerprint density at radius 1 is 1.25 bits per heavy atom. The molecule has 0 aliphatic heterocycles. The first kappa shape index (κ1) is 14.6. The number of hydrogen-bond donors (Lipinski definition) is 2. The molecule has 0 rings (SSSR count). The molecule has 12 heavy (non-hydrogen) atoms. The van der Waals surface area contributed by atoms with E-state index in [-0.39, 0.29) is 6.15 Å². The first-order valence-corrected chi connectivity index (χ1v) is 5.87. The van der Waals surface area contributed by atoms with E-state index < -0.39 is 9.28 Å². The molecule has 0 spiro atoms. The summed E-state index contributed by atoms with van der Waals surface area (Å²) in [5.74, 6) is 0. The second kappa shape index (κ2) is 11.1. The molecule has 0 atom stereocenters. The van der Waals surface area contributed by atoms with Crippen molar-refractivity contribution in [3.05, 3.63) is 0 Å². The SMILES string of the molecule is CCNCCC[SiH](OC)OC.N. The van der Waals surface area contributed by atoms with Crippen molar-refractivity contribution in [2.75, 3.05) is 27.3 Å². The van der Waals surface area contributed by atoms with Crippen LogP contribution < -0.4 is 11.5 Å². The number of nitrogens with one attached hydrogen (secondary N) is 1. The van der Waals surface area contributed by atoms with Gasteiger partial charge in [0, 0.05) is 14.2 Å². The fourth-order valence-electron chi connectivity index (χ4n) is 0.902. The van der Waals surface area contributed by atoms with Gasteiger partial charge < -0.3 is 20.3 Å². The maximum atomic E-state index is 5.17. The minimum atomic E-state index is -1.27. The molecule has 76 valence electrons. The van der Waals surface area contributed by atoms with E-state index in [2.05, 4.69) is 12.2 Å². The summed E-state index contributed by atoms with van der Waals surface area (Å²) in [5.41, 5.74) is 0. The first-order valence-electron chi connectivity index (χ1n) is 4.11. The molecule has 4 nitrogen and oxygen atoms in total. The van der Waals surface area contributed by atoms with Crippen molar-refractivity contribution < 1.29 is 8.85 Å². The fourth-order valence-corrected chi connectivity index (χ4v) is 2.10. The third kappa shape index (κ3) is 8.16. The van der Waals surface area contributed by atoms with Gasteiger partial charge in [-0.15, -0.1) is 0 Å². The molecule has 0 aromatic heterocycles. The predicted molar refractivity (Wildman–Crippen MR) is 54.2 cm³/mol. The van der Waals surface area contributed by atoms with Crippen molar-refractivity contribution in [3.8, 4) is 0 Å². The summed E-state index contributed by atoms with van der Waals surface area (Å²) in [6, 6.07) is 1.10. The van der Waals surface area contributed by atoms with Gasteiger partial charge in [-0.3, -0.25) is 0 Å². The van der Waals surface area contributed by atoms with Gasteiger partial charge in [0.2, 0.25) is 0 Å². The van der Waals surface area contributed by atoms with Crippen LogP contribution >= 0.6 is 0 Å². The number of hydrogen-bond acceptors (Lipinski definition) is 4. The molecule has 0 aliphatic carbocycles. The van der Waals surface area contributed by atoms with E-state index in [0.29, 0.717) is 0 Å². The zero-order valence-electron chi connectivity index (χ0n) is 8.43. The molecule has 0 aliphatic rings. The van der Waals surface area contributed by atoms with Crippen molar-refractivity contribution in [1.82, 2.24) is 11.5 Å². The van der Waals surface area contributed by atoms with Crippen molar-refractivity contribution in [1.29, 1.82) is 0 Å². The molecular weight excluding hydrogens is 172 g/mol. The van der Waals surface area contributed by atoms with E-state index in [4.69, 9.17) is 8.85 Å². The highest BCUT2D eigenvalue weighted by atomic mass is 28.3. The van der Waals surface area contributed by atoms with Crippen LogP contribution in [0.15, 0.2) is 0 Å². The van der Waals surface area contributed by atoms with Gasteiger partial charge >= 0.3 is 9.28 Å². The third-order valence-corrected chi connectivity index (χ3v) is 3.50. The Balaban J connectivity index is 0. The molecular formula is C7H22N2O2Si. The Morgan fingerprint density at radius 3 is 2.25 bits per heavy atom. The van der Waals surface area contributed by atoms with Gasteiger partial charge in [-0.2, -0.15) is 0 Å². The van der Waals surface area contributed by atoms with Gasteiger partial charge in [0.1, 0.15) is 0 Å². The Hall–Kier alpha value is 0.0569. The average Bonchev–Trinajstić information content (AvgIpc) is 2.05. The monoisotopic (exact) mass is 194 g/mol. The molecule has 5 heteroatoms. The maximum absolute atomic E-state index is 5.17. The van der Waals surface area contributed by atoms with Gasteiger partial charge in [0.15, 0.2) is 0 Å². The lowest BCUT2D eigenvalue weighted by Gasteiger charge is -2.09. The van der Waals surface area contributed by atoms with Crippen LogP contribution in [0, 0.1) is 0 Å². The summed E-state index contributed by atoms with van der Waals surface area (Å²) >= 11 is 0. The Bertz CT molecular complexity index is 81.8. The number of rotatable bonds is 7. The van der Waals surface area contributed by atoms with Crippen molar-refractivity contribution in [2.45, 2.75) is 19.4 Å². The highest BCUT2D eigenvalue weighted by Gasteiger charge is 2.07. The van der Waals surface area contributed by atoms with E-state index in [1.54, 1.807) is 14.2 Å². The van der Waals surface area contributed by atoms with Crippen LogP contribution in [0.3, 0.4) is 0 Å². The van der Waals surface area contributed by atoms with Gasteiger partial charge in [-0.05, 0) is 25.6 Å². The van der Waals surface area contributed by atoms with E-state index in [1.165, 1.54) is 0 Å². The van der Waals surface area contributed by atoms with E-state index in [1.807, 2.05) is 0 Å². The summed E-state index contributed by atoms with van der Waals surface area (Å²) in [5, 5.41) is 3.26. The molecule has 0 radical (unpaired) electrons. The van der Waals surface area contributed by atoms with E-state index in [9.17, 15) is 0 Å². The largest absolute Gasteiger partial charge is 0.400 e. The van der Waals surface area contributed by atoms with Crippen molar-refractivity contribution >= 4 is 9.28 Å². The minimum Gasteiger partial charge on any atom is -0.400 e. The van der Waals surface area contributed by atoms with Gasteiger partial charge in [0.25, 0.3) is 0 Å². The Kier molecular flexibility index (Phi) is 13.4. The third-order valence-electron chi connectivity index (χ3n) is 1.57. The second-order valence-electron chi connectivity index (χ2n) is 2.40. The predicted octanol–water partition coefficient (Wildman–Crippen LogP) is 0.661. The van der Waals surface area contributed by atoms with Crippen molar-refractivity contribution in [3.63, 3.8) is 0 Å². The molecule has 0 fully saturated rings. The van der Waals surface area contributed by atoms with Crippen molar-refractivity contribution in [2.24, 2.45) is 0 Å². The van der Waals surface area contributed by atoms with Gasteiger partial charge in [0.05, 0.1) is 0 Å². The van der Waals surface area contributed by atoms with Crippen LogP contribution in [0.5, 0.6) is 0 Å².